The van der Waals surface area contributed by atoms with E-state index >= 15 is 0 Å². The van der Waals surface area contributed by atoms with Gasteiger partial charge in [0.1, 0.15) is 0 Å². The fraction of sp³-hybridized carbons (Fsp3) is 0.400. The van der Waals surface area contributed by atoms with E-state index in [1.165, 1.54) is 23.6 Å². The van der Waals surface area contributed by atoms with Crippen LogP contribution in [0.3, 0.4) is 0 Å². The number of aromatic nitrogens is 1. The molecule has 0 fully saturated rings. The minimum Gasteiger partial charge on any atom is -0.381 e. The fourth-order valence-electron chi connectivity index (χ4n) is 2.88. The molecule has 0 aliphatic heterocycles. The number of anilines is 1. The number of ether oxygens (including phenoxy) is 1. The molecule has 0 saturated carbocycles. The number of nitrogens with one attached hydrogen (secondary N) is 2. The van der Waals surface area contributed by atoms with E-state index in [9.17, 15) is 4.79 Å². The van der Waals surface area contributed by atoms with Gasteiger partial charge in [-0.25, -0.2) is 0 Å². The molecule has 1 heterocycles. The molecular formula is C15H18N2O2. The smallest absolute Gasteiger partial charge is 0.221 e. The maximum Gasteiger partial charge on any atom is 0.221 e. The molecule has 4 heteroatoms. The van der Waals surface area contributed by atoms with E-state index in [2.05, 4.69) is 16.4 Å². The number of aromatic amines is 1. The Hall–Kier alpha value is -1.81. The Labute approximate surface area is 112 Å². The van der Waals surface area contributed by atoms with Gasteiger partial charge < -0.3 is 15.0 Å². The van der Waals surface area contributed by atoms with Crippen molar-refractivity contribution in [3.05, 3.63) is 29.5 Å². The third-order valence-corrected chi connectivity index (χ3v) is 3.80. The van der Waals surface area contributed by atoms with Crippen molar-refractivity contribution in [2.24, 2.45) is 0 Å². The maximum absolute atomic E-state index is 11.1. The number of aryl methyl sites for hydroxylation is 1. The molecule has 0 radical (unpaired) electrons. The van der Waals surface area contributed by atoms with E-state index < -0.39 is 0 Å². The van der Waals surface area contributed by atoms with Gasteiger partial charge in [-0.05, 0) is 30.5 Å². The lowest BCUT2D eigenvalue weighted by atomic mass is 9.93. The molecule has 1 aromatic carbocycles. The molecule has 2 N–H and O–H groups in total. The number of fused-ring (bicyclic) bond motifs is 3. The van der Waals surface area contributed by atoms with Gasteiger partial charge in [0, 0.05) is 42.7 Å². The summed E-state index contributed by atoms with van der Waals surface area (Å²) in [6.45, 7) is 1.52. The molecule has 100 valence electrons. The predicted octanol–water partition coefficient (Wildman–Crippen LogP) is 2.63. The first-order valence-corrected chi connectivity index (χ1v) is 6.61. The molecule has 1 aliphatic carbocycles. The first-order chi connectivity index (χ1) is 9.17. The van der Waals surface area contributed by atoms with Crippen molar-refractivity contribution in [3.63, 3.8) is 0 Å². The van der Waals surface area contributed by atoms with Crippen LogP contribution >= 0.6 is 0 Å². The lowest BCUT2D eigenvalue weighted by molar-refractivity contribution is -0.114. The van der Waals surface area contributed by atoms with Crippen LogP contribution in [-0.2, 0) is 22.4 Å². The summed E-state index contributed by atoms with van der Waals surface area (Å²) in [7, 11) is 1.78. The van der Waals surface area contributed by atoms with Crippen molar-refractivity contribution in [2.75, 3.05) is 12.4 Å². The van der Waals surface area contributed by atoms with E-state index in [4.69, 9.17) is 4.74 Å². The molecule has 4 nitrogen and oxygen atoms in total. The molecule has 1 unspecified atom stereocenters. The number of methoxy groups -OCH3 is 1. The standard InChI is InChI=1S/C15H18N2O2/c1-9(18)16-10-3-5-12-13-8-11(19-2)4-6-14(13)17-15(12)7-10/h3,5,7,11,17H,4,6,8H2,1-2H3,(H,16,18). The van der Waals surface area contributed by atoms with Crippen molar-refractivity contribution in [2.45, 2.75) is 32.3 Å². The second-order valence-electron chi connectivity index (χ2n) is 5.12. The van der Waals surface area contributed by atoms with Crippen LogP contribution in [0.2, 0.25) is 0 Å². The highest BCUT2D eigenvalue weighted by molar-refractivity contribution is 5.93. The second-order valence-corrected chi connectivity index (χ2v) is 5.12. The number of hydrogen-bond donors (Lipinski definition) is 2. The minimum atomic E-state index is -0.0462. The lowest BCUT2D eigenvalue weighted by Crippen LogP contribution is -2.20. The molecule has 1 amide bonds. The van der Waals surface area contributed by atoms with Crippen molar-refractivity contribution in [1.29, 1.82) is 0 Å². The normalized spacial score (nSPS) is 18.3. The first kappa shape index (κ1) is 12.2. The summed E-state index contributed by atoms with van der Waals surface area (Å²) in [5.74, 6) is -0.0462. The van der Waals surface area contributed by atoms with Gasteiger partial charge in [0.2, 0.25) is 5.91 Å². The van der Waals surface area contributed by atoms with E-state index in [0.717, 1.165) is 30.5 Å². The largest absolute Gasteiger partial charge is 0.381 e. The molecule has 3 rings (SSSR count). The topological polar surface area (TPSA) is 54.1 Å². The van der Waals surface area contributed by atoms with Gasteiger partial charge in [-0.15, -0.1) is 0 Å². The molecule has 0 spiro atoms. The van der Waals surface area contributed by atoms with E-state index in [1.807, 2.05) is 12.1 Å². The molecule has 19 heavy (non-hydrogen) atoms. The molecule has 1 aliphatic rings. The Morgan fingerprint density at radius 2 is 2.32 bits per heavy atom. The summed E-state index contributed by atoms with van der Waals surface area (Å²) in [4.78, 5) is 14.6. The van der Waals surface area contributed by atoms with Crippen LogP contribution < -0.4 is 5.32 Å². The molecule has 1 aromatic heterocycles. The Kier molecular flexibility index (Phi) is 3.03. The zero-order chi connectivity index (χ0) is 13.4. The number of amides is 1. The van der Waals surface area contributed by atoms with E-state index in [-0.39, 0.29) is 5.91 Å². The number of rotatable bonds is 2. The SMILES string of the molecule is COC1CCc2[nH]c3cc(NC(C)=O)ccc3c2C1. The number of hydrogen-bond acceptors (Lipinski definition) is 2. The summed E-state index contributed by atoms with van der Waals surface area (Å²) in [5, 5.41) is 4.06. The molecule has 0 saturated heterocycles. The summed E-state index contributed by atoms with van der Waals surface area (Å²) < 4.78 is 5.47. The Bertz CT molecular complexity index is 630. The Balaban J connectivity index is 2.01. The third kappa shape index (κ3) is 2.24. The van der Waals surface area contributed by atoms with Crippen molar-refractivity contribution >= 4 is 22.5 Å². The molecule has 2 aromatic rings. The highest BCUT2D eigenvalue weighted by Crippen LogP contribution is 2.31. The van der Waals surface area contributed by atoms with Crippen LogP contribution in [0.25, 0.3) is 10.9 Å². The van der Waals surface area contributed by atoms with Crippen LogP contribution in [0.15, 0.2) is 18.2 Å². The van der Waals surface area contributed by atoms with E-state index in [1.54, 1.807) is 7.11 Å². The van der Waals surface area contributed by atoms with Gasteiger partial charge in [-0.1, -0.05) is 6.07 Å². The Morgan fingerprint density at radius 1 is 1.47 bits per heavy atom. The maximum atomic E-state index is 11.1. The summed E-state index contributed by atoms with van der Waals surface area (Å²) in [6, 6.07) is 6.03. The number of carbonyl (C=O) groups excluding carboxylic acids is 1. The number of benzene rings is 1. The average Bonchev–Trinajstić information content (AvgIpc) is 2.74. The quantitative estimate of drug-likeness (QED) is 0.870. The van der Waals surface area contributed by atoms with Crippen molar-refractivity contribution in [3.8, 4) is 0 Å². The van der Waals surface area contributed by atoms with Gasteiger partial charge in [-0.3, -0.25) is 4.79 Å². The molecular weight excluding hydrogens is 240 g/mol. The third-order valence-electron chi connectivity index (χ3n) is 3.80. The van der Waals surface area contributed by atoms with Gasteiger partial charge in [0.05, 0.1) is 6.10 Å². The van der Waals surface area contributed by atoms with Crippen LogP contribution in [0, 0.1) is 0 Å². The minimum absolute atomic E-state index is 0.0462. The van der Waals surface area contributed by atoms with Gasteiger partial charge >= 0.3 is 0 Å². The molecule has 1 atom stereocenters. The zero-order valence-corrected chi connectivity index (χ0v) is 11.2. The lowest BCUT2D eigenvalue weighted by Gasteiger charge is -2.20. The number of carbonyl (C=O) groups is 1. The molecule has 0 bridgehead atoms. The van der Waals surface area contributed by atoms with Crippen molar-refractivity contribution < 1.29 is 9.53 Å². The number of H-pyrrole nitrogens is 1. The monoisotopic (exact) mass is 258 g/mol. The van der Waals surface area contributed by atoms with E-state index in [0.29, 0.717) is 6.10 Å². The van der Waals surface area contributed by atoms with Crippen LogP contribution in [0.5, 0.6) is 0 Å². The van der Waals surface area contributed by atoms with Gasteiger partial charge in [0.25, 0.3) is 0 Å². The highest BCUT2D eigenvalue weighted by atomic mass is 16.5. The zero-order valence-electron chi connectivity index (χ0n) is 11.2. The van der Waals surface area contributed by atoms with Crippen LogP contribution in [0.4, 0.5) is 5.69 Å². The summed E-state index contributed by atoms with van der Waals surface area (Å²) >= 11 is 0. The highest BCUT2D eigenvalue weighted by Gasteiger charge is 2.22. The van der Waals surface area contributed by atoms with Crippen LogP contribution in [0.1, 0.15) is 24.6 Å². The van der Waals surface area contributed by atoms with Crippen LogP contribution in [-0.4, -0.2) is 24.1 Å². The average molecular weight is 258 g/mol. The summed E-state index contributed by atoms with van der Waals surface area (Å²) in [6.07, 6.45) is 3.37. The van der Waals surface area contributed by atoms with Gasteiger partial charge in [0.15, 0.2) is 0 Å². The van der Waals surface area contributed by atoms with Crippen molar-refractivity contribution in [1.82, 2.24) is 4.98 Å². The fourth-order valence-corrected chi connectivity index (χ4v) is 2.88. The Morgan fingerprint density at radius 3 is 3.05 bits per heavy atom. The second kappa shape index (κ2) is 4.70. The summed E-state index contributed by atoms with van der Waals surface area (Å²) in [5.41, 5.74) is 4.60. The predicted molar refractivity (Wildman–Crippen MR) is 75.4 cm³/mol. The van der Waals surface area contributed by atoms with Gasteiger partial charge in [-0.2, -0.15) is 0 Å². The first-order valence-electron chi connectivity index (χ1n) is 6.61.